The molecule has 10 heteroatoms. The maximum atomic E-state index is 10.6. The van der Waals surface area contributed by atoms with Gasteiger partial charge in [-0.05, 0) is 0 Å². The summed E-state index contributed by atoms with van der Waals surface area (Å²) in [5, 5.41) is 41.5. The van der Waals surface area contributed by atoms with Crippen LogP contribution >= 0.6 is 0 Å². The molecule has 0 spiro atoms. The molecule has 0 amide bonds. The van der Waals surface area contributed by atoms with Crippen molar-refractivity contribution in [2.75, 3.05) is 13.2 Å². The van der Waals surface area contributed by atoms with Crippen LogP contribution in [0.25, 0.3) is 0 Å². The SMILES string of the molecule is OC1[C@H](O[C@@H]2OC3COC(c4ccccc4)O[C@H]3C(O)[C@@H]2O)C2CO[C@H](O2)[C@H]1O. The summed E-state index contributed by atoms with van der Waals surface area (Å²) in [5.41, 5.74) is 0.790. The first-order chi connectivity index (χ1) is 14.0. The van der Waals surface area contributed by atoms with Crippen molar-refractivity contribution in [3.8, 4) is 0 Å². The van der Waals surface area contributed by atoms with Gasteiger partial charge in [0, 0.05) is 5.56 Å². The summed E-state index contributed by atoms with van der Waals surface area (Å²) in [6.45, 7) is 0.251. The predicted octanol–water partition coefficient (Wildman–Crippen LogP) is -1.59. The lowest BCUT2D eigenvalue weighted by atomic mass is 9.97. The summed E-state index contributed by atoms with van der Waals surface area (Å²) >= 11 is 0. The van der Waals surface area contributed by atoms with Crippen LogP contribution in [-0.4, -0.2) is 95.1 Å². The number of hydrogen-bond acceptors (Lipinski definition) is 10. The third-order valence-corrected chi connectivity index (χ3v) is 5.76. The van der Waals surface area contributed by atoms with Crippen LogP contribution in [-0.2, 0) is 28.4 Å². The average Bonchev–Trinajstić information content (AvgIpc) is 3.20. The van der Waals surface area contributed by atoms with Crippen molar-refractivity contribution in [2.24, 2.45) is 0 Å². The molecule has 4 aliphatic heterocycles. The number of benzene rings is 1. The van der Waals surface area contributed by atoms with E-state index >= 15 is 0 Å². The van der Waals surface area contributed by atoms with Crippen LogP contribution in [0.5, 0.6) is 0 Å². The van der Waals surface area contributed by atoms with E-state index in [2.05, 4.69) is 0 Å². The van der Waals surface area contributed by atoms with Crippen LogP contribution in [0, 0.1) is 0 Å². The third-order valence-electron chi connectivity index (χ3n) is 5.76. The minimum absolute atomic E-state index is 0.120. The summed E-state index contributed by atoms with van der Waals surface area (Å²) in [5.74, 6) is 0. The summed E-state index contributed by atoms with van der Waals surface area (Å²) in [6, 6.07) is 9.26. The van der Waals surface area contributed by atoms with Crippen molar-refractivity contribution in [2.45, 2.75) is 67.7 Å². The van der Waals surface area contributed by atoms with Crippen molar-refractivity contribution in [1.29, 1.82) is 0 Å². The van der Waals surface area contributed by atoms with E-state index in [9.17, 15) is 20.4 Å². The van der Waals surface area contributed by atoms with Gasteiger partial charge in [0.1, 0.15) is 48.8 Å². The molecule has 4 heterocycles. The van der Waals surface area contributed by atoms with Crippen molar-refractivity contribution in [3.63, 3.8) is 0 Å². The molecule has 160 valence electrons. The molecular formula is C19H24O10. The molecule has 1 aromatic carbocycles. The molecule has 0 radical (unpaired) electrons. The molecule has 0 saturated carbocycles. The Labute approximate surface area is 166 Å². The zero-order valence-corrected chi connectivity index (χ0v) is 15.4. The quantitative estimate of drug-likeness (QED) is 0.460. The standard InChI is InChI=1S/C19H24O10/c20-11-13(22)18-25-7-9(26-18)16(11)29-19-14(23)12(21)15-10(27-19)6-24-17(28-15)8-4-2-1-3-5-8/h1-5,9-23H,6-7H2/t9?,10?,11?,12?,13-,14-,15+,16+,17?,18+,19-/m0/s1. The van der Waals surface area contributed by atoms with E-state index in [0.29, 0.717) is 0 Å². The van der Waals surface area contributed by atoms with E-state index < -0.39 is 67.7 Å². The second-order valence-corrected chi connectivity index (χ2v) is 7.66. The van der Waals surface area contributed by atoms with Gasteiger partial charge in [-0.1, -0.05) is 30.3 Å². The highest BCUT2D eigenvalue weighted by Crippen LogP contribution is 2.36. The molecule has 5 rings (SSSR count). The number of hydrogen-bond donors (Lipinski definition) is 4. The summed E-state index contributed by atoms with van der Waals surface area (Å²) < 4.78 is 33.8. The van der Waals surface area contributed by atoms with Crippen molar-refractivity contribution < 1.29 is 48.8 Å². The van der Waals surface area contributed by atoms with E-state index in [0.717, 1.165) is 5.56 Å². The van der Waals surface area contributed by atoms with Gasteiger partial charge >= 0.3 is 0 Å². The number of aliphatic hydroxyl groups is 4. The highest BCUT2D eigenvalue weighted by atomic mass is 16.8. The minimum Gasteiger partial charge on any atom is -0.387 e. The molecule has 5 unspecified atom stereocenters. The molecule has 4 saturated heterocycles. The largest absolute Gasteiger partial charge is 0.387 e. The van der Waals surface area contributed by atoms with E-state index in [1.165, 1.54) is 0 Å². The topological polar surface area (TPSA) is 136 Å². The van der Waals surface area contributed by atoms with Gasteiger partial charge in [-0.25, -0.2) is 0 Å². The van der Waals surface area contributed by atoms with Gasteiger partial charge in [0.15, 0.2) is 18.9 Å². The highest BCUT2D eigenvalue weighted by molar-refractivity contribution is 5.16. The Kier molecular flexibility index (Phi) is 5.33. The molecule has 4 N–H and O–H groups in total. The van der Waals surface area contributed by atoms with E-state index in [-0.39, 0.29) is 13.2 Å². The third kappa shape index (κ3) is 3.49. The lowest BCUT2D eigenvalue weighted by molar-refractivity contribution is -0.376. The van der Waals surface area contributed by atoms with Crippen LogP contribution in [0.3, 0.4) is 0 Å². The zero-order chi connectivity index (χ0) is 20.1. The number of fused-ring (bicyclic) bond motifs is 3. The van der Waals surface area contributed by atoms with E-state index in [1.807, 2.05) is 30.3 Å². The van der Waals surface area contributed by atoms with Gasteiger partial charge in [0.2, 0.25) is 0 Å². The van der Waals surface area contributed by atoms with Gasteiger partial charge < -0.3 is 48.8 Å². The first-order valence-corrected chi connectivity index (χ1v) is 9.65. The van der Waals surface area contributed by atoms with Crippen molar-refractivity contribution >= 4 is 0 Å². The summed E-state index contributed by atoms with van der Waals surface area (Å²) in [6.07, 6.45) is -11.3. The zero-order valence-electron chi connectivity index (χ0n) is 15.4. The van der Waals surface area contributed by atoms with Gasteiger partial charge in [0.05, 0.1) is 13.2 Å². The predicted molar refractivity (Wildman–Crippen MR) is 92.2 cm³/mol. The van der Waals surface area contributed by atoms with Crippen LogP contribution in [0.4, 0.5) is 0 Å². The molecule has 10 nitrogen and oxygen atoms in total. The molecule has 4 fully saturated rings. The smallest absolute Gasteiger partial charge is 0.187 e. The highest BCUT2D eigenvalue weighted by Gasteiger charge is 2.54. The van der Waals surface area contributed by atoms with Crippen LogP contribution in [0.1, 0.15) is 11.9 Å². The molecule has 0 aromatic heterocycles. The molecule has 2 bridgehead atoms. The molecule has 0 aliphatic carbocycles. The second kappa shape index (κ2) is 7.82. The number of rotatable bonds is 3. The van der Waals surface area contributed by atoms with Gasteiger partial charge in [0.25, 0.3) is 0 Å². The molecule has 1 aromatic rings. The van der Waals surface area contributed by atoms with Gasteiger partial charge in [-0.15, -0.1) is 0 Å². The minimum atomic E-state index is -1.44. The van der Waals surface area contributed by atoms with E-state index in [4.69, 9.17) is 28.4 Å². The van der Waals surface area contributed by atoms with Crippen LogP contribution in [0.2, 0.25) is 0 Å². The first kappa shape index (κ1) is 19.8. The monoisotopic (exact) mass is 412 g/mol. The fourth-order valence-electron chi connectivity index (χ4n) is 4.16. The maximum absolute atomic E-state index is 10.6. The molecular weight excluding hydrogens is 388 g/mol. The molecule has 4 aliphatic rings. The van der Waals surface area contributed by atoms with E-state index in [1.54, 1.807) is 0 Å². The normalized spacial score (nSPS) is 49.6. The number of aliphatic hydroxyl groups excluding tert-OH is 4. The molecule has 29 heavy (non-hydrogen) atoms. The van der Waals surface area contributed by atoms with Crippen LogP contribution in [0.15, 0.2) is 30.3 Å². The Hall–Kier alpha value is -1.18. The lowest BCUT2D eigenvalue weighted by Crippen LogP contribution is -2.64. The fraction of sp³-hybridized carbons (Fsp3) is 0.684. The maximum Gasteiger partial charge on any atom is 0.187 e. The Balaban J connectivity index is 1.27. The average molecular weight is 412 g/mol. The first-order valence-electron chi connectivity index (χ1n) is 9.65. The Morgan fingerprint density at radius 3 is 2.31 bits per heavy atom. The van der Waals surface area contributed by atoms with Crippen molar-refractivity contribution in [1.82, 2.24) is 0 Å². The van der Waals surface area contributed by atoms with Crippen molar-refractivity contribution in [3.05, 3.63) is 35.9 Å². The summed E-state index contributed by atoms with van der Waals surface area (Å²) in [4.78, 5) is 0. The van der Waals surface area contributed by atoms with Gasteiger partial charge in [-0.2, -0.15) is 0 Å². The molecule has 11 atom stereocenters. The van der Waals surface area contributed by atoms with Gasteiger partial charge in [-0.3, -0.25) is 0 Å². The Morgan fingerprint density at radius 1 is 0.759 bits per heavy atom. The number of ether oxygens (including phenoxy) is 6. The second-order valence-electron chi connectivity index (χ2n) is 7.66. The lowest BCUT2D eigenvalue weighted by Gasteiger charge is -2.47. The fourth-order valence-corrected chi connectivity index (χ4v) is 4.16. The van der Waals surface area contributed by atoms with Crippen LogP contribution < -0.4 is 0 Å². The Morgan fingerprint density at radius 2 is 1.52 bits per heavy atom. The Bertz CT molecular complexity index is 701. The summed E-state index contributed by atoms with van der Waals surface area (Å²) in [7, 11) is 0.